The molecule has 0 radical (unpaired) electrons. The van der Waals surface area contributed by atoms with E-state index in [0.29, 0.717) is 37.4 Å². The summed E-state index contributed by atoms with van der Waals surface area (Å²) in [6, 6.07) is 3.39. The molecule has 2 N–H and O–H groups in total. The highest BCUT2D eigenvalue weighted by Gasteiger charge is 2.27. The van der Waals surface area contributed by atoms with Crippen LogP contribution >= 0.6 is 0 Å². The minimum atomic E-state index is -0.286. The fourth-order valence-corrected chi connectivity index (χ4v) is 2.25. The largest absolute Gasteiger partial charge is 0.480 e. The third-order valence-electron chi connectivity index (χ3n) is 3.38. The minimum Gasteiger partial charge on any atom is -0.480 e. The van der Waals surface area contributed by atoms with Crippen molar-refractivity contribution in [2.75, 3.05) is 20.2 Å². The number of nitrogens with zero attached hydrogens (tertiary/aromatic N) is 2. The van der Waals surface area contributed by atoms with E-state index in [1.54, 1.807) is 23.2 Å². The van der Waals surface area contributed by atoms with E-state index in [9.17, 15) is 9.59 Å². The molecule has 0 saturated carbocycles. The average Bonchev–Trinajstić information content (AvgIpc) is 2.46. The molecule has 0 unspecified atom stereocenters. The standard InChI is InChI=1S/C13H17N3O3/c1-19-12-10(3-2-6-15-12)13(18)16-7-4-9(5-8-16)11(14)17/h2-3,6,9H,4-5,7-8H2,1H3,(H2,14,17). The van der Waals surface area contributed by atoms with Gasteiger partial charge in [0.05, 0.1) is 7.11 Å². The highest BCUT2D eigenvalue weighted by Crippen LogP contribution is 2.21. The van der Waals surface area contributed by atoms with Gasteiger partial charge in [-0.3, -0.25) is 9.59 Å². The first-order chi connectivity index (χ1) is 9.13. The molecule has 2 heterocycles. The van der Waals surface area contributed by atoms with E-state index < -0.39 is 0 Å². The van der Waals surface area contributed by atoms with Crippen molar-refractivity contribution in [2.24, 2.45) is 11.7 Å². The topological polar surface area (TPSA) is 85.5 Å². The molecule has 102 valence electrons. The Kier molecular flexibility index (Phi) is 3.99. The molecule has 1 aliphatic heterocycles. The summed E-state index contributed by atoms with van der Waals surface area (Å²) in [5, 5.41) is 0. The number of primary amides is 1. The molecule has 1 aromatic heterocycles. The lowest BCUT2D eigenvalue weighted by Gasteiger charge is -2.30. The Morgan fingerprint density at radius 3 is 2.68 bits per heavy atom. The molecule has 1 fully saturated rings. The number of likely N-dealkylation sites (tertiary alicyclic amines) is 1. The van der Waals surface area contributed by atoms with Crippen LogP contribution in [0.1, 0.15) is 23.2 Å². The molecule has 2 amide bonds. The van der Waals surface area contributed by atoms with Gasteiger partial charge in [0, 0.05) is 25.2 Å². The van der Waals surface area contributed by atoms with Crippen molar-refractivity contribution in [3.05, 3.63) is 23.9 Å². The number of aromatic nitrogens is 1. The van der Waals surface area contributed by atoms with Crippen molar-refractivity contribution in [1.29, 1.82) is 0 Å². The summed E-state index contributed by atoms with van der Waals surface area (Å²) in [6.45, 7) is 1.06. The molecule has 0 aromatic carbocycles. The molecular weight excluding hydrogens is 246 g/mol. The molecule has 0 aliphatic carbocycles. The van der Waals surface area contributed by atoms with E-state index in [2.05, 4.69) is 4.98 Å². The van der Waals surface area contributed by atoms with E-state index in [-0.39, 0.29) is 17.7 Å². The molecule has 0 bridgehead atoms. The Morgan fingerprint density at radius 2 is 2.11 bits per heavy atom. The number of piperidine rings is 1. The summed E-state index contributed by atoms with van der Waals surface area (Å²) < 4.78 is 5.08. The Bertz CT molecular complexity index is 482. The second-order valence-corrected chi connectivity index (χ2v) is 4.53. The molecule has 1 aromatic rings. The smallest absolute Gasteiger partial charge is 0.259 e. The molecule has 6 nitrogen and oxygen atoms in total. The summed E-state index contributed by atoms with van der Waals surface area (Å²) in [5.74, 6) is -0.205. The molecule has 0 atom stereocenters. The van der Waals surface area contributed by atoms with Crippen LogP contribution in [0.3, 0.4) is 0 Å². The number of amides is 2. The summed E-state index contributed by atoms with van der Waals surface area (Å²) in [7, 11) is 1.48. The van der Waals surface area contributed by atoms with E-state index in [1.807, 2.05) is 0 Å². The van der Waals surface area contributed by atoms with Gasteiger partial charge in [-0.05, 0) is 25.0 Å². The number of nitrogens with two attached hydrogens (primary N) is 1. The number of hydrogen-bond donors (Lipinski definition) is 1. The van der Waals surface area contributed by atoms with Gasteiger partial charge in [-0.2, -0.15) is 0 Å². The molecule has 1 saturated heterocycles. The fourth-order valence-electron chi connectivity index (χ4n) is 2.25. The first kappa shape index (κ1) is 13.3. The monoisotopic (exact) mass is 263 g/mol. The van der Waals surface area contributed by atoms with Gasteiger partial charge >= 0.3 is 0 Å². The molecule has 1 aliphatic rings. The lowest BCUT2D eigenvalue weighted by atomic mass is 9.96. The van der Waals surface area contributed by atoms with Crippen molar-refractivity contribution < 1.29 is 14.3 Å². The van der Waals surface area contributed by atoms with E-state index >= 15 is 0 Å². The van der Waals surface area contributed by atoms with E-state index in [1.165, 1.54) is 7.11 Å². The zero-order chi connectivity index (χ0) is 13.8. The quantitative estimate of drug-likeness (QED) is 0.856. The number of pyridine rings is 1. The van der Waals surface area contributed by atoms with Crippen molar-refractivity contribution in [2.45, 2.75) is 12.8 Å². The molecule has 19 heavy (non-hydrogen) atoms. The van der Waals surface area contributed by atoms with Crippen molar-refractivity contribution in [1.82, 2.24) is 9.88 Å². The van der Waals surface area contributed by atoms with Crippen LogP contribution < -0.4 is 10.5 Å². The van der Waals surface area contributed by atoms with E-state index in [0.717, 1.165) is 0 Å². The third-order valence-corrected chi connectivity index (χ3v) is 3.38. The Balaban J connectivity index is 2.07. The molecule has 2 rings (SSSR count). The SMILES string of the molecule is COc1ncccc1C(=O)N1CCC(C(N)=O)CC1. The van der Waals surface area contributed by atoms with Crippen molar-refractivity contribution >= 4 is 11.8 Å². The summed E-state index contributed by atoms with van der Waals surface area (Å²) in [4.78, 5) is 29.2. The summed E-state index contributed by atoms with van der Waals surface area (Å²) in [5.41, 5.74) is 5.72. The first-order valence-corrected chi connectivity index (χ1v) is 6.21. The average molecular weight is 263 g/mol. The van der Waals surface area contributed by atoms with Crippen LogP contribution in [-0.4, -0.2) is 41.9 Å². The Morgan fingerprint density at radius 1 is 1.42 bits per heavy atom. The highest BCUT2D eigenvalue weighted by atomic mass is 16.5. The van der Waals surface area contributed by atoms with Gasteiger partial charge in [0.15, 0.2) is 0 Å². The molecular formula is C13H17N3O3. The number of rotatable bonds is 3. The van der Waals surface area contributed by atoms with Crippen LogP contribution in [0.5, 0.6) is 5.88 Å². The number of hydrogen-bond acceptors (Lipinski definition) is 4. The second-order valence-electron chi connectivity index (χ2n) is 4.53. The van der Waals surface area contributed by atoms with Crippen molar-refractivity contribution in [3.8, 4) is 5.88 Å². The number of ether oxygens (including phenoxy) is 1. The maximum absolute atomic E-state index is 12.3. The molecule has 6 heteroatoms. The Labute approximate surface area is 111 Å². The van der Waals surface area contributed by atoms with Crippen LogP contribution in [0.25, 0.3) is 0 Å². The van der Waals surface area contributed by atoms with Crippen LogP contribution in [0.4, 0.5) is 0 Å². The van der Waals surface area contributed by atoms with Crippen molar-refractivity contribution in [3.63, 3.8) is 0 Å². The molecule has 0 spiro atoms. The maximum atomic E-state index is 12.3. The van der Waals surface area contributed by atoms with Gasteiger partial charge in [0.2, 0.25) is 11.8 Å². The predicted octanol–water partition coefficient (Wildman–Crippen LogP) is 0.428. The van der Waals surface area contributed by atoms with Gasteiger partial charge in [-0.25, -0.2) is 4.98 Å². The zero-order valence-corrected chi connectivity index (χ0v) is 10.8. The third kappa shape index (κ3) is 2.83. The lowest BCUT2D eigenvalue weighted by Crippen LogP contribution is -2.41. The van der Waals surface area contributed by atoms with Gasteiger partial charge in [0.1, 0.15) is 5.56 Å². The van der Waals surface area contributed by atoms with Gasteiger partial charge < -0.3 is 15.4 Å². The van der Waals surface area contributed by atoms with Crippen LogP contribution in [-0.2, 0) is 4.79 Å². The van der Waals surface area contributed by atoms with Gasteiger partial charge in [0.25, 0.3) is 5.91 Å². The van der Waals surface area contributed by atoms with Gasteiger partial charge in [-0.1, -0.05) is 0 Å². The van der Waals surface area contributed by atoms with Crippen LogP contribution in [0.15, 0.2) is 18.3 Å². The normalized spacial score (nSPS) is 16.2. The van der Waals surface area contributed by atoms with E-state index in [4.69, 9.17) is 10.5 Å². The zero-order valence-electron chi connectivity index (χ0n) is 10.8. The minimum absolute atomic E-state index is 0.118. The Hall–Kier alpha value is -2.11. The van der Waals surface area contributed by atoms with Crippen LogP contribution in [0.2, 0.25) is 0 Å². The number of carbonyl (C=O) groups is 2. The summed E-state index contributed by atoms with van der Waals surface area (Å²) in [6.07, 6.45) is 2.81. The number of methoxy groups -OCH3 is 1. The first-order valence-electron chi connectivity index (χ1n) is 6.21. The van der Waals surface area contributed by atoms with Gasteiger partial charge in [-0.15, -0.1) is 0 Å². The maximum Gasteiger partial charge on any atom is 0.259 e. The highest BCUT2D eigenvalue weighted by molar-refractivity contribution is 5.96. The second kappa shape index (κ2) is 5.69. The summed E-state index contributed by atoms with van der Waals surface area (Å²) >= 11 is 0. The fraction of sp³-hybridized carbons (Fsp3) is 0.462. The van der Waals surface area contributed by atoms with Crippen LogP contribution in [0, 0.1) is 5.92 Å². The lowest BCUT2D eigenvalue weighted by molar-refractivity contribution is -0.123. The predicted molar refractivity (Wildman–Crippen MR) is 68.6 cm³/mol. The number of carbonyl (C=O) groups excluding carboxylic acids is 2.